The maximum Gasteiger partial charge on any atom is 0.416 e. The van der Waals surface area contributed by atoms with Gasteiger partial charge in [-0.3, -0.25) is 9.59 Å². The molecule has 23 heavy (non-hydrogen) atoms. The van der Waals surface area contributed by atoms with Gasteiger partial charge in [0.05, 0.1) is 11.0 Å². The molecule has 1 saturated heterocycles. The highest BCUT2D eigenvalue weighted by Crippen LogP contribution is 2.31. The summed E-state index contributed by atoms with van der Waals surface area (Å²) in [6.07, 6.45) is -4.06. The van der Waals surface area contributed by atoms with Crippen molar-refractivity contribution in [3.63, 3.8) is 0 Å². The molecule has 0 aliphatic carbocycles. The summed E-state index contributed by atoms with van der Waals surface area (Å²) in [6, 6.07) is 4.00. The summed E-state index contributed by atoms with van der Waals surface area (Å²) in [7, 11) is 0. The molecule has 0 saturated carbocycles. The summed E-state index contributed by atoms with van der Waals surface area (Å²) in [5.74, 6) is -1.78. The Morgan fingerprint density at radius 3 is 2.48 bits per heavy atom. The molecule has 1 heterocycles. The van der Waals surface area contributed by atoms with Gasteiger partial charge in [0.25, 0.3) is 5.91 Å². The molecular formula is C15H16F3NO4. The molecule has 0 spiro atoms. The quantitative estimate of drug-likeness (QED) is 0.888. The second-order valence-electron chi connectivity index (χ2n) is 5.46. The molecule has 0 unspecified atom stereocenters. The van der Waals surface area contributed by atoms with Gasteiger partial charge in [0.1, 0.15) is 0 Å². The number of carbonyl (C=O) groups is 2. The molecule has 0 aromatic heterocycles. The molecule has 8 heteroatoms. The topological polar surface area (TPSA) is 75.6 Å². The lowest BCUT2D eigenvalue weighted by molar-refractivity contribution is -0.154. The zero-order chi connectivity index (χ0) is 17.1. The number of alkyl halides is 3. The van der Waals surface area contributed by atoms with Crippen LogP contribution in [0.5, 0.6) is 0 Å². The number of hydrogen-bond donors (Lipinski definition) is 2. The molecule has 2 rings (SSSR count). The Hall–Kier alpha value is -2.09. The Bertz CT molecular complexity index is 595. The number of carboxylic acids is 1. The van der Waals surface area contributed by atoms with Crippen LogP contribution in [0.4, 0.5) is 13.2 Å². The average molecular weight is 331 g/mol. The third-order valence-corrected chi connectivity index (χ3v) is 3.94. The minimum absolute atomic E-state index is 0.152. The molecule has 1 fully saturated rings. The lowest BCUT2D eigenvalue weighted by Crippen LogP contribution is -2.46. The lowest BCUT2D eigenvalue weighted by Gasteiger charge is -2.33. The van der Waals surface area contributed by atoms with Crippen molar-refractivity contribution in [2.75, 3.05) is 19.8 Å². The predicted molar refractivity (Wildman–Crippen MR) is 73.9 cm³/mol. The second kappa shape index (κ2) is 6.57. The van der Waals surface area contributed by atoms with Crippen LogP contribution in [-0.4, -0.2) is 36.7 Å². The van der Waals surface area contributed by atoms with Crippen molar-refractivity contribution in [3.8, 4) is 0 Å². The minimum Gasteiger partial charge on any atom is -0.481 e. The first-order valence-electron chi connectivity index (χ1n) is 7.01. The number of carboxylic acid groups (broad SMARTS) is 1. The van der Waals surface area contributed by atoms with E-state index in [4.69, 9.17) is 4.74 Å². The Kier molecular flexibility index (Phi) is 4.93. The predicted octanol–water partition coefficient (Wildman–Crippen LogP) is 2.32. The van der Waals surface area contributed by atoms with Crippen molar-refractivity contribution in [1.82, 2.24) is 5.32 Å². The molecule has 0 atom stereocenters. The molecule has 1 aliphatic rings. The fourth-order valence-electron chi connectivity index (χ4n) is 2.42. The molecule has 5 nitrogen and oxygen atoms in total. The van der Waals surface area contributed by atoms with E-state index < -0.39 is 29.0 Å². The minimum atomic E-state index is -4.54. The van der Waals surface area contributed by atoms with E-state index in [2.05, 4.69) is 5.32 Å². The highest BCUT2D eigenvalue weighted by Gasteiger charge is 2.40. The van der Waals surface area contributed by atoms with Crippen molar-refractivity contribution in [2.24, 2.45) is 5.41 Å². The smallest absolute Gasteiger partial charge is 0.416 e. The monoisotopic (exact) mass is 331 g/mol. The number of aliphatic carboxylic acids is 1. The summed E-state index contributed by atoms with van der Waals surface area (Å²) in [4.78, 5) is 23.5. The maximum absolute atomic E-state index is 12.7. The first kappa shape index (κ1) is 17.3. The number of amides is 1. The van der Waals surface area contributed by atoms with Gasteiger partial charge >= 0.3 is 12.1 Å². The van der Waals surface area contributed by atoms with E-state index >= 15 is 0 Å². The summed E-state index contributed by atoms with van der Waals surface area (Å²) >= 11 is 0. The Morgan fingerprint density at radius 1 is 1.26 bits per heavy atom. The standard InChI is InChI=1S/C15H16F3NO4/c16-15(17,18)11-3-1-2-10(8-11)12(20)19-9-14(13(21)22)4-6-23-7-5-14/h1-3,8H,4-7,9H2,(H,19,20)(H,21,22). The largest absolute Gasteiger partial charge is 0.481 e. The third kappa shape index (κ3) is 4.01. The van der Waals surface area contributed by atoms with Gasteiger partial charge in [-0.05, 0) is 31.0 Å². The third-order valence-electron chi connectivity index (χ3n) is 3.94. The summed E-state index contributed by atoms with van der Waals surface area (Å²) in [6.45, 7) is 0.387. The number of carbonyl (C=O) groups excluding carboxylic acids is 1. The first-order chi connectivity index (χ1) is 10.7. The highest BCUT2D eigenvalue weighted by atomic mass is 19.4. The molecule has 0 bridgehead atoms. The first-order valence-corrected chi connectivity index (χ1v) is 7.01. The summed E-state index contributed by atoms with van der Waals surface area (Å²) < 4.78 is 43.1. The Labute approximate surface area is 130 Å². The van der Waals surface area contributed by atoms with Crippen LogP contribution in [0.15, 0.2) is 24.3 Å². The molecule has 1 aromatic carbocycles. The van der Waals surface area contributed by atoms with E-state index in [9.17, 15) is 27.9 Å². The van der Waals surface area contributed by atoms with Crippen molar-refractivity contribution in [2.45, 2.75) is 19.0 Å². The van der Waals surface area contributed by atoms with Crippen molar-refractivity contribution in [1.29, 1.82) is 0 Å². The van der Waals surface area contributed by atoms with E-state index in [1.807, 2.05) is 0 Å². The molecule has 2 N–H and O–H groups in total. The number of halogens is 3. The van der Waals surface area contributed by atoms with Crippen LogP contribution < -0.4 is 5.32 Å². The molecular weight excluding hydrogens is 315 g/mol. The fourth-order valence-corrected chi connectivity index (χ4v) is 2.42. The van der Waals surface area contributed by atoms with Crippen molar-refractivity contribution < 1.29 is 32.6 Å². The van der Waals surface area contributed by atoms with E-state index in [0.29, 0.717) is 0 Å². The van der Waals surface area contributed by atoms with Gasteiger partial charge in [0.15, 0.2) is 0 Å². The number of hydrogen-bond acceptors (Lipinski definition) is 3. The Balaban J connectivity index is 2.08. The van der Waals surface area contributed by atoms with Crippen LogP contribution in [0.25, 0.3) is 0 Å². The molecule has 0 radical (unpaired) electrons. The SMILES string of the molecule is O=C(NCC1(C(=O)O)CCOCC1)c1cccc(C(F)(F)F)c1. The summed E-state index contributed by atoms with van der Waals surface area (Å²) in [5.41, 5.74) is -2.23. The van der Waals surface area contributed by atoms with Gasteiger partial charge in [-0.15, -0.1) is 0 Å². The van der Waals surface area contributed by atoms with Crippen molar-refractivity contribution in [3.05, 3.63) is 35.4 Å². The van der Waals surface area contributed by atoms with Gasteiger partial charge in [-0.25, -0.2) is 0 Å². The van der Waals surface area contributed by atoms with Crippen LogP contribution in [0.1, 0.15) is 28.8 Å². The highest BCUT2D eigenvalue weighted by molar-refractivity contribution is 5.94. The Morgan fingerprint density at radius 2 is 1.91 bits per heavy atom. The van der Waals surface area contributed by atoms with E-state index in [1.165, 1.54) is 6.07 Å². The maximum atomic E-state index is 12.7. The van der Waals surface area contributed by atoms with E-state index in [0.717, 1.165) is 18.2 Å². The lowest BCUT2D eigenvalue weighted by atomic mass is 9.80. The van der Waals surface area contributed by atoms with Crippen LogP contribution in [0.2, 0.25) is 0 Å². The van der Waals surface area contributed by atoms with Gasteiger partial charge in [-0.1, -0.05) is 6.07 Å². The van der Waals surface area contributed by atoms with E-state index in [-0.39, 0.29) is 38.2 Å². The van der Waals surface area contributed by atoms with Gasteiger partial charge in [0.2, 0.25) is 0 Å². The van der Waals surface area contributed by atoms with Crippen LogP contribution in [0.3, 0.4) is 0 Å². The normalized spacial score (nSPS) is 17.5. The van der Waals surface area contributed by atoms with Gasteiger partial charge in [0, 0.05) is 25.3 Å². The molecule has 1 aromatic rings. The number of ether oxygens (including phenoxy) is 1. The van der Waals surface area contributed by atoms with Crippen LogP contribution >= 0.6 is 0 Å². The molecule has 1 aliphatic heterocycles. The van der Waals surface area contributed by atoms with E-state index in [1.54, 1.807) is 0 Å². The fraction of sp³-hybridized carbons (Fsp3) is 0.467. The molecule has 126 valence electrons. The molecule has 1 amide bonds. The van der Waals surface area contributed by atoms with Crippen molar-refractivity contribution >= 4 is 11.9 Å². The number of rotatable bonds is 4. The van der Waals surface area contributed by atoms with Crippen LogP contribution in [-0.2, 0) is 15.7 Å². The zero-order valence-electron chi connectivity index (χ0n) is 12.2. The summed E-state index contributed by atoms with van der Waals surface area (Å²) in [5, 5.41) is 11.8. The number of benzene rings is 1. The van der Waals surface area contributed by atoms with Gasteiger partial charge < -0.3 is 15.2 Å². The number of nitrogens with one attached hydrogen (secondary N) is 1. The second-order valence-corrected chi connectivity index (χ2v) is 5.46. The van der Waals surface area contributed by atoms with Gasteiger partial charge in [-0.2, -0.15) is 13.2 Å². The zero-order valence-corrected chi connectivity index (χ0v) is 12.2. The average Bonchev–Trinajstić information content (AvgIpc) is 2.52. The van der Waals surface area contributed by atoms with Crippen LogP contribution in [0, 0.1) is 5.41 Å².